The third-order valence-corrected chi connectivity index (χ3v) is 15.0. The summed E-state index contributed by atoms with van der Waals surface area (Å²) in [6.07, 6.45) is 4.30. The normalized spacial score (nSPS) is 19.5. The first-order valence-corrected chi connectivity index (χ1v) is 21.8. The summed E-state index contributed by atoms with van der Waals surface area (Å²) in [5.41, 5.74) is 2.93. The maximum Gasteiger partial charge on any atom is 0.309 e. The molecule has 0 amide bonds. The predicted molar refractivity (Wildman–Crippen MR) is 213 cm³/mol. The predicted octanol–water partition coefficient (Wildman–Crippen LogP) is 11.5. The Morgan fingerprint density at radius 2 is 1.43 bits per heavy atom. The summed E-state index contributed by atoms with van der Waals surface area (Å²) in [7, 11) is -2.27. The van der Waals surface area contributed by atoms with Crippen molar-refractivity contribution in [2.45, 2.75) is 112 Å². The van der Waals surface area contributed by atoms with E-state index in [2.05, 4.69) is 76.8 Å². The summed E-state index contributed by atoms with van der Waals surface area (Å²) in [6.45, 7) is 17.0. The van der Waals surface area contributed by atoms with E-state index in [0.717, 1.165) is 22.3 Å². The zero-order chi connectivity index (χ0) is 37.3. The Kier molecular flexibility index (Phi) is 14.6. The Morgan fingerprint density at radius 3 is 1.88 bits per heavy atom. The number of esters is 1. The van der Waals surface area contributed by atoms with Crippen molar-refractivity contribution in [3.05, 3.63) is 132 Å². The molecule has 3 aromatic carbocycles. The molecule has 5 nitrogen and oxygen atoms in total. The minimum atomic E-state index is -2.27. The Labute approximate surface area is 321 Å². The minimum Gasteiger partial charge on any atom is -0.459 e. The van der Waals surface area contributed by atoms with Crippen LogP contribution in [0.4, 0.5) is 0 Å². The second-order valence-electron chi connectivity index (χ2n) is 14.8. The Balaban J connectivity index is 1.61. The maximum atomic E-state index is 13.9. The Hall–Kier alpha value is -2.42. The van der Waals surface area contributed by atoms with Gasteiger partial charge in [-0.15, -0.1) is 6.58 Å². The molecule has 0 unspecified atom stereocenters. The first kappa shape index (κ1) is 41.3. The molecule has 3 aromatic rings. The highest BCUT2D eigenvalue weighted by atomic mass is 35.6. The molecule has 1 fully saturated rings. The highest BCUT2D eigenvalue weighted by Crippen LogP contribution is 2.42. The highest BCUT2D eigenvalue weighted by molar-refractivity contribution is 6.74. The number of carbonyl (C=O) groups is 1. The number of halogens is 3. The molecule has 1 aliphatic heterocycles. The minimum absolute atomic E-state index is 0.0563. The molecule has 4 rings (SSSR count). The van der Waals surface area contributed by atoms with Gasteiger partial charge in [0.1, 0.15) is 17.8 Å². The monoisotopic (exact) mass is 770 g/mol. The van der Waals surface area contributed by atoms with Crippen molar-refractivity contribution in [1.82, 2.24) is 0 Å². The molecule has 0 saturated carbocycles. The smallest absolute Gasteiger partial charge is 0.309 e. The lowest BCUT2D eigenvalue weighted by Gasteiger charge is -2.39. The second kappa shape index (κ2) is 18.1. The number of alkyl halides is 3. The SMILES string of the molecule is C=CC[C@@H]1C[C@@H](OC(=O)C[C@@H](O[Si](C)(C)C(C)(C)C)/C(C)=C\CCC(Cl)(Cl)Cl)[C@@H](COC(c2ccccc2)(c2ccccc2)c2ccccc2)O1. The van der Waals surface area contributed by atoms with Crippen LogP contribution < -0.4 is 0 Å². The fourth-order valence-corrected chi connectivity index (χ4v) is 7.84. The van der Waals surface area contributed by atoms with Crippen LogP contribution in [0.15, 0.2) is 115 Å². The van der Waals surface area contributed by atoms with Crippen molar-refractivity contribution in [3.63, 3.8) is 0 Å². The third kappa shape index (κ3) is 11.3. The third-order valence-electron chi connectivity index (χ3n) is 9.99. The molecular formula is C42H53Cl3O5Si. The van der Waals surface area contributed by atoms with Gasteiger partial charge < -0.3 is 18.6 Å². The van der Waals surface area contributed by atoms with Crippen molar-refractivity contribution >= 4 is 49.1 Å². The fraction of sp³-hybridized carbons (Fsp3) is 0.452. The van der Waals surface area contributed by atoms with Crippen molar-refractivity contribution in [1.29, 1.82) is 0 Å². The van der Waals surface area contributed by atoms with Gasteiger partial charge in [0.15, 0.2) is 12.1 Å². The van der Waals surface area contributed by atoms with Gasteiger partial charge in [0.05, 0.1) is 25.2 Å². The van der Waals surface area contributed by atoms with Crippen LogP contribution in [0, 0.1) is 0 Å². The van der Waals surface area contributed by atoms with E-state index in [4.69, 9.17) is 53.4 Å². The van der Waals surface area contributed by atoms with Gasteiger partial charge in [-0.05, 0) is 66.6 Å². The average molecular weight is 772 g/mol. The lowest BCUT2D eigenvalue weighted by molar-refractivity contribution is -0.156. The number of carbonyl (C=O) groups excluding carboxylic acids is 1. The first-order valence-electron chi connectivity index (χ1n) is 17.7. The summed E-state index contributed by atoms with van der Waals surface area (Å²) in [4.78, 5) is 13.9. The van der Waals surface area contributed by atoms with Crippen molar-refractivity contribution < 1.29 is 23.4 Å². The van der Waals surface area contributed by atoms with Crippen LogP contribution >= 0.6 is 34.8 Å². The molecular weight excluding hydrogens is 719 g/mol. The molecule has 51 heavy (non-hydrogen) atoms. The number of hydrogen-bond acceptors (Lipinski definition) is 5. The maximum absolute atomic E-state index is 13.9. The number of ether oxygens (including phenoxy) is 3. The molecule has 0 spiro atoms. The van der Waals surface area contributed by atoms with Gasteiger partial charge in [-0.3, -0.25) is 4.79 Å². The van der Waals surface area contributed by atoms with Gasteiger partial charge in [-0.25, -0.2) is 0 Å². The summed E-state index contributed by atoms with van der Waals surface area (Å²) >= 11 is 18.1. The zero-order valence-corrected chi connectivity index (χ0v) is 34.0. The van der Waals surface area contributed by atoms with Gasteiger partial charge >= 0.3 is 5.97 Å². The Bertz CT molecular complexity index is 1470. The van der Waals surface area contributed by atoms with Crippen LogP contribution in [0.5, 0.6) is 0 Å². The molecule has 1 saturated heterocycles. The van der Waals surface area contributed by atoms with Crippen LogP contribution in [0.3, 0.4) is 0 Å². The molecule has 0 radical (unpaired) electrons. The van der Waals surface area contributed by atoms with E-state index < -0.39 is 36.0 Å². The standard InChI is InChI=1S/C42H53Cl3O5Si/c1-8-19-35-28-37(49-39(46)29-36(50-51(6,7)40(3,4)5)31(2)20-18-27-41(43,44)45)38(48-35)30-47-42(32-21-12-9-13-22-32,33-23-14-10-15-24-33)34-25-16-11-17-26-34/h8-17,20-26,35-38H,1,18-19,27-30H2,2-7H3/b31-20-/t35-,36-,37-,38-/m1/s1. The van der Waals surface area contributed by atoms with Gasteiger partial charge in [0.2, 0.25) is 0 Å². The van der Waals surface area contributed by atoms with E-state index in [1.54, 1.807) is 0 Å². The van der Waals surface area contributed by atoms with E-state index in [-0.39, 0.29) is 30.1 Å². The van der Waals surface area contributed by atoms with Crippen LogP contribution in [0.25, 0.3) is 0 Å². The molecule has 1 aliphatic rings. The van der Waals surface area contributed by atoms with Crippen LogP contribution in [-0.4, -0.2) is 49.1 Å². The topological polar surface area (TPSA) is 54.0 Å². The molecule has 9 heteroatoms. The van der Waals surface area contributed by atoms with Crippen LogP contribution in [0.1, 0.15) is 76.5 Å². The van der Waals surface area contributed by atoms with Gasteiger partial charge in [-0.1, -0.05) is 159 Å². The molecule has 276 valence electrons. The van der Waals surface area contributed by atoms with E-state index in [9.17, 15) is 4.79 Å². The number of hydrogen-bond donors (Lipinski definition) is 0. The van der Waals surface area contributed by atoms with Crippen molar-refractivity contribution in [2.24, 2.45) is 0 Å². The molecule has 0 aliphatic carbocycles. The van der Waals surface area contributed by atoms with E-state index in [1.807, 2.05) is 73.7 Å². The fourth-order valence-electron chi connectivity index (χ4n) is 6.18. The lowest BCUT2D eigenvalue weighted by Crippen LogP contribution is -2.45. The summed E-state index contributed by atoms with van der Waals surface area (Å²) in [5, 5.41) is -0.0601. The van der Waals surface area contributed by atoms with Crippen LogP contribution in [-0.2, 0) is 29.0 Å². The van der Waals surface area contributed by atoms with E-state index >= 15 is 0 Å². The first-order chi connectivity index (χ1) is 24.1. The number of benzene rings is 3. The summed E-state index contributed by atoms with van der Waals surface area (Å²) in [6, 6.07) is 30.6. The van der Waals surface area contributed by atoms with Gasteiger partial charge in [-0.2, -0.15) is 0 Å². The van der Waals surface area contributed by atoms with Crippen LogP contribution in [0.2, 0.25) is 18.1 Å². The van der Waals surface area contributed by atoms with E-state index in [0.29, 0.717) is 25.7 Å². The lowest BCUT2D eigenvalue weighted by atomic mass is 9.80. The Morgan fingerprint density at radius 1 is 0.922 bits per heavy atom. The van der Waals surface area contributed by atoms with E-state index in [1.165, 1.54) is 0 Å². The van der Waals surface area contributed by atoms with Crippen molar-refractivity contribution in [2.75, 3.05) is 6.61 Å². The summed E-state index contributed by atoms with van der Waals surface area (Å²) in [5.74, 6) is -0.355. The molecule has 0 N–H and O–H groups in total. The quantitative estimate of drug-likeness (QED) is 0.0477. The highest BCUT2D eigenvalue weighted by Gasteiger charge is 2.44. The molecule has 0 aromatic heterocycles. The summed E-state index contributed by atoms with van der Waals surface area (Å²) < 4.78 is 25.4. The largest absolute Gasteiger partial charge is 0.459 e. The second-order valence-corrected chi connectivity index (χ2v) is 22.1. The zero-order valence-electron chi connectivity index (χ0n) is 30.7. The van der Waals surface area contributed by atoms with Crippen molar-refractivity contribution in [3.8, 4) is 0 Å². The number of allylic oxidation sites excluding steroid dienone is 1. The molecule has 4 atom stereocenters. The number of rotatable bonds is 16. The van der Waals surface area contributed by atoms with Gasteiger partial charge in [0.25, 0.3) is 0 Å². The van der Waals surface area contributed by atoms with Gasteiger partial charge in [0, 0.05) is 6.42 Å². The molecule has 0 bridgehead atoms. The average Bonchev–Trinajstić information content (AvgIpc) is 3.45. The molecule has 1 heterocycles.